The molecule has 1 aromatic rings. The number of amides is 1. The third-order valence-corrected chi connectivity index (χ3v) is 3.11. The van der Waals surface area contributed by atoms with Gasteiger partial charge < -0.3 is 10.4 Å². The SMILES string of the molecule is CCC(C)(NC(=O)Cc1ccc([N+](=O)[O-])cc1)C(=O)O. The van der Waals surface area contributed by atoms with Crippen molar-refractivity contribution >= 4 is 17.6 Å². The minimum Gasteiger partial charge on any atom is -0.480 e. The fourth-order valence-corrected chi connectivity index (χ4v) is 1.57. The van der Waals surface area contributed by atoms with Crippen LogP contribution < -0.4 is 5.32 Å². The molecule has 20 heavy (non-hydrogen) atoms. The number of aliphatic carboxylic acids is 1. The molecule has 0 aliphatic carbocycles. The summed E-state index contributed by atoms with van der Waals surface area (Å²) in [5, 5.41) is 22.0. The van der Waals surface area contributed by atoms with Crippen molar-refractivity contribution in [3.63, 3.8) is 0 Å². The first-order valence-electron chi connectivity index (χ1n) is 6.06. The van der Waals surface area contributed by atoms with Gasteiger partial charge in [-0.05, 0) is 18.9 Å². The Hall–Kier alpha value is -2.44. The van der Waals surface area contributed by atoms with Crippen LogP contribution >= 0.6 is 0 Å². The molecule has 0 aromatic heterocycles. The molecular formula is C13H16N2O5. The number of nitrogens with one attached hydrogen (secondary N) is 1. The van der Waals surface area contributed by atoms with Crippen molar-refractivity contribution in [2.75, 3.05) is 0 Å². The summed E-state index contributed by atoms with van der Waals surface area (Å²) in [5.41, 5.74) is -0.784. The van der Waals surface area contributed by atoms with Crippen LogP contribution in [0.1, 0.15) is 25.8 Å². The molecule has 0 aliphatic heterocycles. The van der Waals surface area contributed by atoms with Gasteiger partial charge in [-0.3, -0.25) is 14.9 Å². The van der Waals surface area contributed by atoms with Crippen molar-refractivity contribution in [3.05, 3.63) is 39.9 Å². The van der Waals surface area contributed by atoms with Gasteiger partial charge in [-0.15, -0.1) is 0 Å². The molecule has 7 heteroatoms. The van der Waals surface area contributed by atoms with Crippen LogP contribution in [0.15, 0.2) is 24.3 Å². The quantitative estimate of drug-likeness (QED) is 0.606. The van der Waals surface area contributed by atoms with E-state index in [2.05, 4.69) is 5.32 Å². The second-order valence-corrected chi connectivity index (χ2v) is 4.64. The van der Waals surface area contributed by atoms with Crippen molar-refractivity contribution < 1.29 is 19.6 Å². The molecule has 0 heterocycles. The highest BCUT2D eigenvalue weighted by atomic mass is 16.6. The predicted octanol–water partition coefficient (Wildman–Crippen LogP) is 1.51. The van der Waals surface area contributed by atoms with Crippen LogP contribution in [0.25, 0.3) is 0 Å². The summed E-state index contributed by atoms with van der Waals surface area (Å²) in [6.07, 6.45) is 0.231. The Morgan fingerprint density at radius 2 is 1.90 bits per heavy atom. The molecule has 1 atom stereocenters. The third kappa shape index (κ3) is 3.78. The maximum absolute atomic E-state index is 11.8. The Balaban J connectivity index is 2.71. The molecule has 7 nitrogen and oxygen atoms in total. The van der Waals surface area contributed by atoms with Crippen LogP contribution in [0.5, 0.6) is 0 Å². The second kappa shape index (κ2) is 6.14. The van der Waals surface area contributed by atoms with E-state index in [1.807, 2.05) is 0 Å². The summed E-state index contributed by atoms with van der Waals surface area (Å²) in [7, 11) is 0. The summed E-state index contributed by atoms with van der Waals surface area (Å²) in [6, 6.07) is 5.56. The van der Waals surface area contributed by atoms with Gasteiger partial charge in [0.05, 0.1) is 11.3 Å². The molecule has 1 rings (SSSR count). The van der Waals surface area contributed by atoms with Crippen LogP contribution in [0.4, 0.5) is 5.69 Å². The molecule has 0 radical (unpaired) electrons. The standard InChI is InChI=1S/C13H16N2O5/c1-3-13(2,12(17)18)14-11(16)8-9-4-6-10(7-5-9)15(19)20/h4-7H,3,8H2,1-2H3,(H,14,16)(H,17,18). The molecule has 0 saturated carbocycles. The number of carboxylic acids is 1. The summed E-state index contributed by atoms with van der Waals surface area (Å²) in [4.78, 5) is 32.8. The van der Waals surface area contributed by atoms with Gasteiger partial charge in [-0.1, -0.05) is 19.1 Å². The van der Waals surface area contributed by atoms with E-state index in [1.54, 1.807) is 6.92 Å². The topological polar surface area (TPSA) is 110 Å². The number of carbonyl (C=O) groups excluding carboxylic acids is 1. The number of rotatable bonds is 6. The van der Waals surface area contributed by atoms with E-state index < -0.39 is 22.3 Å². The minimum atomic E-state index is -1.31. The zero-order valence-electron chi connectivity index (χ0n) is 11.3. The molecule has 0 fully saturated rings. The van der Waals surface area contributed by atoms with Gasteiger partial charge in [0.15, 0.2) is 0 Å². The molecule has 0 aliphatic rings. The van der Waals surface area contributed by atoms with Crippen LogP contribution in [0.2, 0.25) is 0 Å². The molecular weight excluding hydrogens is 264 g/mol. The number of nitro groups is 1. The molecule has 1 aromatic carbocycles. The number of benzene rings is 1. The molecule has 0 spiro atoms. The number of non-ortho nitro benzene ring substituents is 1. The second-order valence-electron chi connectivity index (χ2n) is 4.64. The number of hydrogen-bond donors (Lipinski definition) is 2. The van der Waals surface area contributed by atoms with Crippen molar-refractivity contribution in [3.8, 4) is 0 Å². The Labute approximate surface area is 115 Å². The average Bonchev–Trinajstić information content (AvgIpc) is 2.38. The monoisotopic (exact) mass is 280 g/mol. The largest absolute Gasteiger partial charge is 0.480 e. The van der Waals surface area contributed by atoms with Gasteiger partial charge in [-0.2, -0.15) is 0 Å². The lowest BCUT2D eigenvalue weighted by Crippen LogP contribution is -2.52. The number of carboxylic acid groups (broad SMARTS) is 1. The highest BCUT2D eigenvalue weighted by Crippen LogP contribution is 2.13. The zero-order chi connectivity index (χ0) is 15.3. The highest BCUT2D eigenvalue weighted by molar-refractivity contribution is 5.87. The van der Waals surface area contributed by atoms with E-state index in [1.165, 1.54) is 31.2 Å². The van der Waals surface area contributed by atoms with Crippen LogP contribution in [0.3, 0.4) is 0 Å². The first-order chi connectivity index (χ1) is 9.28. The lowest BCUT2D eigenvalue weighted by Gasteiger charge is -2.24. The fraction of sp³-hybridized carbons (Fsp3) is 0.385. The number of carbonyl (C=O) groups is 2. The van der Waals surface area contributed by atoms with E-state index >= 15 is 0 Å². The van der Waals surface area contributed by atoms with Gasteiger partial charge in [0.25, 0.3) is 5.69 Å². The Morgan fingerprint density at radius 3 is 2.30 bits per heavy atom. The van der Waals surface area contributed by atoms with Gasteiger partial charge in [-0.25, -0.2) is 4.79 Å². The molecule has 1 amide bonds. The summed E-state index contributed by atoms with van der Waals surface area (Å²) >= 11 is 0. The van der Waals surface area contributed by atoms with Crippen LogP contribution in [0, 0.1) is 10.1 Å². The van der Waals surface area contributed by atoms with Crippen molar-refractivity contribution in [1.82, 2.24) is 5.32 Å². The first-order valence-corrected chi connectivity index (χ1v) is 6.06. The fourth-order valence-electron chi connectivity index (χ4n) is 1.57. The number of hydrogen-bond acceptors (Lipinski definition) is 4. The maximum Gasteiger partial charge on any atom is 0.329 e. The van der Waals surface area contributed by atoms with Crippen LogP contribution in [-0.2, 0) is 16.0 Å². The zero-order valence-corrected chi connectivity index (χ0v) is 11.3. The predicted molar refractivity (Wildman–Crippen MR) is 71.3 cm³/mol. The van der Waals surface area contributed by atoms with Crippen molar-refractivity contribution in [2.24, 2.45) is 0 Å². The smallest absolute Gasteiger partial charge is 0.329 e. The average molecular weight is 280 g/mol. The molecule has 108 valence electrons. The maximum atomic E-state index is 11.8. The first kappa shape index (κ1) is 15.6. The third-order valence-electron chi connectivity index (χ3n) is 3.11. The molecule has 0 saturated heterocycles. The lowest BCUT2D eigenvalue weighted by atomic mass is 9.98. The van der Waals surface area contributed by atoms with Gasteiger partial charge in [0, 0.05) is 12.1 Å². The van der Waals surface area contributed by atoms with E-state index in [0.717, 1.165) is 0 Å². The Morgan fingerprint density at radius 1 is 1.35 bits per heavy atom. The van der Waals surface area contributed by atoms with Crippen LogP contribution in [-0.4, -0.2) is 27.4 Å². The summed E-state index contributed by atoms with van der Waals surface area (Å²) < 4.78 is 0. The highest BCUT2D eigenvalue weighted by Gasteiger charge is 2.32. The number of nitrogens with zero attached hydrogens (tertiary/aromatic N) is 1. The van der Waals surface area contributed by atoms with Crippen molar-refractivity contribution in [2.45, 2.75) is 32.2 Å². The Kier molecular flexibility index (Phi) is 4.79. The van der Waals surface area contributed by atoms with Gasteiger partial charge in [0.1, 0.15) is 5.54 Å². The normalized spacial score (nSPS) is 13.3. The van der Waals surface area contributed by atoms with E-state index in [9.17, 15) is 19.7 Å². The van der Waals surface area contributed by atoms with E-state index in [4.69, 9.17) is 5.11 Å². The Bertz CT molecular complexity index is 526. The van der Waals surface area contributed by atoms with E-state index in [0.29, 0.717) is 5.56 Å². The van der Waals surface area contributed by atoms with Crippen molar-refractivity contribution in [1.29, 1.82) is 0 Å². The minimum absolute atomic E-state index is 0.0269. The lowest BCUT2D eigenvalue weighted by molar-refractivity contribution is -0.384. The summed E-state index contributed by atoms with van der Waals surface area (Å²) in [6.45, 7) is 3.10. The summed E-state index contributed by atoms with van der Waals surface area (Å²) in [5.74, 6) is -1.54. The molecule has 0 bridgehead atoms. The number of nitro benzene ring substituents is 1. The van der Waals surface area contributed by atoms with Gasteiger partial charge in [0.2, 0.25) is 5.91 Å². The van der Waals surface area contributed by atoms with Gasteiger partial charge >= 0.3 is 5.97 Å². The molecule has 1 unspecified atom stereocenters. The van der Waals surface area contributed by atoms with E-state index in [-0.39, 0.29) is 18.5 Å². The molecule has 2 N–H and O–H groups in total.